The molecule has 1 aliphatic heterocycles. The van der Waals surface area contributed by atoms with Gasteiger partial charge in [-0.25, -0.2) is 9.59 Å². The van der Waals surface area contributed by atoms with Gasteiger partial charge in [-0.2, -0.15) is 0 Å². The van der Waals surface area contributed by atoms with Crippen LogP contribution in [0.1, 0.15) is 17.5 Å². The Kier molecular flexibility index (Phi) is 5.11. The number of carbonyl (C=O) groups excluding carboxylic acids is 2. The van der Waals surface area contributed by atoms with Crippen LogP contribution in [0, 0.1) is 0 Å². The molecule has 124 valence electrons. The van der Waals surface area contributed by atoms with Crippen molar-refractivity contribution in [3.8, 4) is 0 Å². The van der Waals surface area contributed by atoms with E-state index in [1.54, 1.807) is 0 Å². The van der Waals surface area contributed by atoms with Gasteiger partial charge in [0.25, 0.3) is 0 Å². The van der Waals surface area contributed by atoms with E-state index in [0.29, 0.717) is 12.8 Å². The maximum Gasteiger partial charge on any atom is 0.413 e. The van der Waals surface area contributed by atoms with Gasteiger partial charge in [-0.1, -0.05) is 60.7 Å². The minimum Gasteiger partial charge on any atom is -0.444 e. The molecule has 0 saturated carbocycles. The lowest BCUT2D eigenvalue weighted by atomic mass is 10.1. The highest BCUT2D eigenvalue weighted by molar-refractivity contribution is 5.83. The molecule has 0 bridgehead atoms. The number of hydrogen-bond donors (Lipinski definition) is 0. The van der Waals surface area contributed by atoms with Crippen LogP contribution >= 0.6 is 0 Å². The molecule has 1 fully saturated rings. The molecule has 2 aromatic carbocycles. The lowest BCUT2D eigenvalue weighted by molar-refractivity contribution is -0.139. The number of amides is 1. The number of hydrogen-bond acceptors (Lipinski definition) is 4. The fourth-order valence-corrected chi connectivity index (χ4v) is 2.65. The van der Waals surface area contributed by atoms with Crippen molar-refractivity contribution in [2.24, 2.45) is 0 Å². The third-order valence-corrected chi connectivity index (χ3v) is 3.98. The first kappa shape index (κ1) is 16.1. The van der Waals surface area contributed by atoms with Crippen molar-refractivity contribution >= 4 is 12.1 Å². The number of rotatable bonds is 5. The van der Waals surface area contributed by atoms with Crippen LogP contribution in [0.3, 0.4) is 0 Å². The van der Waals surface area contributed by atoms with E-state index in [1.807, 2.05) is 60.7 Å². The molecule has 5 heteroatoms. The minimum atomic E-state index is -0.589. The molecule has 3 rings (SSSR count). The molecular weight excluding hydrogens is 306 g/mol. The number of ether oxygens (including phenoxy) is 2. The lowest BCUT2D eigenvalue weighted by Gasteiger charge is -2.19. The van der Waals surface area contributed by atoms with Crippen LogP contribution in [0.15, 0.2) is 60.7 Å². The van der Waals surface area contributed by atoms with Gasteiger partial charge in [-0.05, 0) is 24.0 Å². The zero-order valence-corrected chi connectivity index (χ0v) is 13.3. The number of cyclic esters (lactones) is 1. The Morgan fingerprint density at radius 1 is 1.04 bits per heavy atom. The molecule has 1 heterocycles. The summed E-state index contributed by atoms with van der Waals surface area (Å²) in [6, 6.07) is 18.7. The maximum absolute atomic E-state index is 12.3. The van der Waals surface area contributed by atoms with Crippen molar-refractivity contribution in [1.82, 2.24) is 4.90 Å². The summed E-state index contributed by atoms with van der Waals surface area (Å²) in [5, 5.41) is 0. The van der Waals surface area contributed by atoms with Gasteiger partial charge in [0.05, 0.1) is 0 Å². The summed E-state index contributed by atoms with van der Waals surface area (Å²) in [5.41, 5.74) is 2.02. The van der Waals surface area contributed by atoms with Gasteiger partial charge in [0.2, 0.25) is 0 Å². The molecule has 0 aliphatic carbocycles. The first-order chi connectivity index (χ1) is 11.7. The molecule has 24 heavy (non-hydrogen) atoms. The molecule has 0 spiro atoms. The van der Waals surface area contributed by atoms with Crippen LogP contribution in [-0.4, -0.2) is 29.7 Å². The van der Waals surface area contributed by atoms with Gasteiger partial charge in [-0.15, -0.1) is 0 Å². The van der Waals surface area contributed by atoms with Gasteiger partial charge < -0.3 is 9.47 Å². The van der Waals surface area contributed by atoms with Gasteiger partial charge in [-0.3, -0.25) is 4.90 Å². The second kappa shape index (κ2) is 7.64. The number of aryl methyl sites for hydroxylation is 1. The third-order valence-electron chi connectivity index (χ3n) is 3.98. The summed E-state index contributed by atoms with van der Waals surface area (Å²) >= 11 is 0. The van der Waals surface area contributed by atoms with E-state index in [4.69, 9.17) is 9.47 Å². The summed E-state index contributed by atoms with van der Waals surface area (Å²) in [4.78, 5) is 25.5. The minimum absolute atomic E-state index is 0.0497. The van der Waals surface area contributed by atoms with Crippen LogP contribution < -0.4 is 0 Å². The summed E-state index contributed by atoms with van der Waals surface area (Å²) in [7, 11) is 0. The summed E-state index contributed by atoms with van der Waals surface area (Å²) in [5.74, 6) is -0.373. The third kappa shape index (κ3) is 3.93. The van der Waals surface area contributed by atoms with E-state index in [0.717, 1.165) is 11.1 Å². The van der Waals surface area contributed by atoms with Gasteiger partial charge >= 0.3 is 12.1 Å². The van der Waals surface area contributed by atoms with Gasteiger partial charge in [0, 0.05) is 0 Å². The molecule has 0 radical (unpaired) electrons. The van der Waals surface area contributed by atoms with Crippen molar-refractivity contribution in [2.75, 3.05) is 6.73 Å². The van der Waals surface area contributed by atoms with E-state index >= 15 is 0 Å². The molecular formula is C19H19NO4. The standard InChI is InChI=1S/C19H19NO4/c21-18-17(12-11-15-7-3-1-4-8-15)20(14-24-18)19(22)23-13-16-9-5-2-6-10-16/h1-10,17H,11-14H2/t17-/m0/s1. The molecule has 0 N–H and O–H groups in total. The smallest absolute Gasteiger partial charge is 0.413 e. The molecule has 5 nitrogen and oxygen atoms in total. The number of nitrogens with zero attached hydrogens (tertiary/aromatic N) is 1. The highest BCUT2D eigenvalue weighted by atomic mass is 16.6. The fourth-order valence-electron chi connectivity index (χ4n) is 2.65. The molecule has 0 aromatic heterocycles. The largest absolute Gasteiger partial charge is 0.444 e. The Hall–Kier alpha value is -2.82. The quantitative estimate of drug-likeness (QED) is 0.793. The molecule has 1 atom stereocenters. The van der Waals surface area contributed by atoms with Crippen molar-refractivity contribution in [2.45, 2.75) is 25.5 Å². The first-order valence-corrected chi connectivity index (χ1v) is 7.92. The summed E-state index contributed by atoms with van der Waals surface area (Å²) < 4.78 is 10.3. The molecule has 1 aliphatic rings. The second-order valence-electron chi connectivity index (χ2n) is 5.64. The Bertz CT molecular complexity index is 687. The maximum atomic E-state index is 12.3. The highest BCUT2D eigenvalue weighted by Gasteiger charge is 2.38. The summed E-state index contributed by atoms with van der Waals surface area (Å²) in [6.07, 6.45) is 0.689. The number of benzene rings is 2. The number of carbonyl (C=O) groups is 2. The van der Waals surface area contributed by atoms with Crippen LogP contribution in [-0.2, 0) is 27.3 Å². The van der Waals surface area contributed by atoms with Gasteiger partial charge in [0.15, 0.2) is 6.73 Å². The molecule has 1 amide bonds. The van der Waals surface area contributed by atoms with Crippen molar-refractivity contribution in [3.63, 3.8) is 0 Å². The van der Waals surface area contributed by atoms with Crippen LogP contribution in [0.4, 0.5) is 4.79 Å². The highest BCUT2D eigenvalue weighted by Crippen LogP contribution is 2.19. The van der Waals surface area contributed by atoms with Crippen molar-refractivity contribution < 1.29 is 19.1 Å². The lowest BCUT2D eigenvalue weighted by Crippen LogP contribution is -2.38. The fraction of sp³-hybridized carbons (Fsp3) is 0.263. The first-order valence-electron chi connectivity index (χ1n) is 7.92. The van der Waals surface area contributed by atoms with Crippen molar-refractivity contribution in [1.29, 1.82) is 0 Å². The topological polar surface area (TPSA) is 55.8 Å². The second-order valence-corrected chi connectivity index (χ2v) is 5.64. The van der Waals surface area contributed by atoms with E-state index in [1.165, 1.54) is 4.90 Å². The predicted octanol–water partition coefficient (Wildman–Crippen LogP) is 3.14. The Labute approximate surface area is 140 Å². The average Bonchev–Trinajstić information content (AvgIpc) is 3.00. The Balaban J connectivity index is 1.56. The van der Waals surface area contributed by atoms with Crippen LogP contribution in [0.5, 0.6) is 0 Å². The zero-order chi connectivity index (χ0) is 16.8. The van der Waals surface area contributed by atoms with E-state index < -0.39 is 12.1 Å². The number of esters is 1. The molecule has 0 unspecified atom stereocenters. The average molecular weight is 325 g/mol. The van der Waals surface area contributed by atoms with Crippen molar-refractivity contribution in [3.05, 3.63) is 71.8 Å². The van der Waals surface area contributed by atoms with Crippen LogP contribution in [0.25, 0.3) is 0 Å². The van der Waals surface area contributed by atoms with Gasteiger partial charge in [0.1, 0.15) is 12.6 Å². The molecule has 1 saturated heterocycles. The summed E-state index contributed by atoms with van der Waals surface area (Å²) in [6.45, 7) is 0.127. The Morgan fingerprint density at radius 3 is 2.33 bits per heavy atom. The molecule has 2 aromatic rings. The predicted molar refractivity (Wildman–Crippen MR) is 88.0 cm³/mol. The Morgan fingerprint density at radius 2 is 1.67 bits per heavy atom. The zero-order valence-electron chi connectivity index (χ0n) is 13.3. The van der Waals surface area contributed by atoms with E-state index in [-0.39, 0.29) is 19.3 Å². The normalized spacial score (nSPS) is 16.8. The van der Waals surface area contributed by atoms with E-state index in [9.17, 15) is 9.59 Å². The van der Waals surface area contributed by atoms with Crippen LogP contribution in [0.2, 0.25) is 0 Å². The monoisotopic (exact) mass is 325 g/mol. The van der Waals surface area contributed by atoms with E-state index in [2.05, 4.69) is 0 Å². The SMILES string of the molecule is O=C1OCN(C(=O)OCc2ccccc2)[C@H]1CCc1ccccc1.